The second-order valence-electron chi connectivity index (χ2n) is 2.28. The van der Waals surface area contributed by atoms with Crippen molar-refractivity contribution < 1.29 is 32.6 Å². The Hall–Kier alpha value is -0.390. The van der Waals surface area contributed by atoms with Crippen molar-refractivity contribution in [3.05, 3.63) is 41.3 Å². The summed E-state index contributed by atoms with van der Waals surface area (Å²) >= 11 is 0.374. The molecule has 13 heavy (non-hydrogen) atoms. The summed E-state index contributed by atoms with van der Waals surface area (Å²) in [6.07, 6.45) is 1.50. The van der Waals surface area contributed by atoms with Gasteiger partial charge in [0.25, 0.3) is 0 Å². The molecule has 0 spiro atoms. The van der Waals surface area contributed by atoms with Gasteiger partial charge in [0, 0.05) is 0 Å². The van der Waals surface area contributed by atoms with Crippen molar-refractivity contribution in [2.45, 2.75) is 0 Å². The molecule has 0 bridgehead atoms. The zero-order valence-electron chi connectivity index (χ0n) is 6.62. The summed E-state index contributed by atoms with van der Waals surface area (Å²) in [4.78, 5) is 0. The number of benzene rings is 1. The van der Waals surface area contributed by atoms with Crippen molar-refractivity contribution in [2.24, 2.45) is 0 Å². The first-order chi connectivity index (χ1) is 6.14. The first kappa shape index (κ1) is 10.7. The van der Waals surface area contributed by atoms with Crippen LogP contribution in [0.5, 0.6) is 0 Å². The van der Waals surface area contributed by atoms with E-state index in [1.54, 1.807) is 0 Å². The standard InChI is InChI=1S/C8H8O3S.Ta/c9-12(10,11)7-6-8-4-2-1-3-5-8;/h1-7H,(H,9,10,11);/q;+1/p-1. The molecule has 0 amide bonds. The molecule has 0 aromatic heterocycles. The summed E-state index contributed by atoms with van der Waals surface area (Å²) < 4.78 is 26.1. The van der Waals surface area contributed by atoms with Gasteiger partial charge in [0.05, 0.1) is 0 Å². The third-order valence-electron chi connectivity index (χ3n) is 1.33. The van der Waals surface area contributed by atoms with E-state index in [2.05, 4.69) is 2.69 Å². The molecule has 3 nitrogen and oxygen atoms in total. The van der Waals surface area contributed by atoms with Crippen molar-refractivity contribution in [1.82, 2.24) is 0 Å². The van der Waals surface area contributed by atoms with Gasteiger partial charge < -0.3 is 0 Å². The summed E-state index contributed by atoms with van der Waals surface area (Å²) in [6.45, 7) is 0. The summed E-state index contributed by atoms with van der Waals surface area (Å²) in [5, 5.41) is 1.06. The molecule has 1 aromatic rings. The third kappa shape index (κ3) is 3.89. The fourth-order valence-electron chi connectivity index (χ4n) is 0.751. The molecule has 0 saturated carbocycles. The predicted molar refractivity (Wildman–Crippen MR) is 45.5 cm³/mol. The molecule has 0 aliphatic carbocycles. The average Bonchev–Trinajstić information content (AvgIpc) is 2.17. The molecule has 0 fully saturated rings. The minimum absolute atomic E-state index is 0.374. The van der Waals surface area contributed by atoms with Crippen LogP contribution in [0.1, 0.15) is 5.56 Å². The van der Waals surface area contributed by atoms with Crippen molar-refractivity contribution in [1.29, 1.82) is 0 Å². The van der Waals surface area contributed by atoms with E-state index < -0.39 is 10.1 Å². The van der Waals surface area contributed by atoms with Gasteiger partial charge in [-0.25, -0.2) is 0 Å². The summed E-state index contributed by atoms with van der Waals surface area (Å²) in [5.74, 6) is 0. The van der Waals surface area contributed by atoms with Crippen molar-refractivity contribution >= 4 is 16.2 Å². The number of hydrogen-bond acceptors (Lipinski definition) is 3. The zero-order chi connectivity index (χ0) is 9.73. The average molecular weight is 364 g/mol. The molecular formula is C8H7O3STa. The van der Waals surface area contributed by atoms with Crippen molar-refractivity contribution in [3.8, 4) is 0 Å². The van der Waals surface area contributed by atoms with Crippen LogP contribution in [0.15, 0.2) is 35.7 Å². The van der Waals surface area contributed by atoms with E-state index in [-0.39, 0.29) is 0 Å². The fourth-order valence-corrected chi connectivity index (χ4v) is 1.66. The summed E-state index contributed by atoms with van der Waals surface area (Å²) in [6, 6.07) is 9.18. The molecule has 0 aliphatic heterocycles. The summed E-state index contributed by atoms with van der Waals surface area (Å²) in [7, 11) is -3.45. The molecule has 5 heteroatoms. The van der Waals surface area contributed by atoms with Crippen LogP contribution in [-0.4, -0.2) is 8.42 Å². The van der Waals surface area contributed by atoms with E-state index >= 15 is 0 Å². The van der Waals surface area contributed by atoms with Gasteiger partial charge in [-0.15, -0.1) is 0 Å². The van der Waals surface area contributed by atoms with Crippen LogP contribution in [0.4, 0.5) is 0 Å². The second kappa shape index (κ2) is 4.74. The Kier molecular flexibility index (Phi) is 3.90. The van der Waals surface area contributed by atoms with E-state index in [0.717, 1.165) is 11.0 Å². The molecule has 0 N–H and O–H groups in total. The van der Waals surface area contributed by atoms with Crippen LogP contribution in [0, 0.1) is 0 Å². The van der Waals surface area contributed by atoms with Gasteiger partial charge in [-0.05, 0) is 0 Å². The molecule has 0 atom stereocenters. The van der Waals surface area contributed by atoms with Gasteiger partial charge in [0.2, 0.25) is 0 Å². The van der Waals surface area contributed by atoms with E-state index in [4.69, 9.17) is 0 Å². The zero-order valence-corrected chi connectivity index (χ0v) is 10.7. The van der Waals surface area contributed by atoms with E-state index in [9.17, 15) is 8.42 Å². The Morgan fingerprint density at radius 1 is 1.23 bits per heavy atom. The molecule has 0 unspecified atom stereocenters. The Morgan fingerprint density at radius 2 is 1.85 bits per heavy atom. The molecule has 0 aliphatic rings. The normalized spacial score (nSPS) is 12.0. The van der Waals surface area contributed by atoms with Crippen LogP contribution < -0.4 is 0 Å². The van der Waals surface area contributed by atoms with Gasteiger partial charge >= 0.3 is 90.1 Å². The van der Waals surface area contributed by atoms with E-state index in [1.807, 2.05) is 30.3 Å². The van der Waals surface area contributed by atoms with Gasteiger partial charge in [0.1, 0.15) is 0 Å². The molecule has 0 radical (unpaired) electrons. The van der Waals surface area contributed by atoms with E-state index in [1.165, 1.54) is 6.08 Å². The Morgan fingerprint density at radius 3 is 2.38 bits per heavy atom. The Balaban J connectivity index is 2.82. The Labute approximate surface area is 90.0 Å². The quantitative estimate of drug-likeness (QED) is 0.816. The number of hydrogen-bond donors (Lipinski definition) is 0. The first-order valence-electron chi connectivity index (χ1n) is 3.45. The number of rotatable bonds is 3. The van der Waals surface area contributed by atoms with E-state index in [0.29, 0.717) is 21.5 Å². The maximum absolute atomic E-state index is 10.9. The monoisotopic (exact) mass is 364 g/mol. The first-order valence-corrected chi connectivity index (χ1v) is 6.23. The Bertz CT molecular complexity index is 383. The van der Waals surface area contributed by atoms with Crippen LogP contribution >= 0.6 is 0 Å². The second-order valence-corrected chi connectivity index (χ2v) is 5.29. The fraction of sp³-hybridized carbons (Fsp3) is 0. The molecule has 68 valence electrons. The molecule has 1 aromatic carbocycles. The molecule has 0 saturated heterocycles. The predicted octanol–water partition coefficient (Wildman–Crippen LogP) is 1.47. The van der Waals surface area contributed by atoms with Crippen LogP contribution in [0.3, 0.4) is 0 Å². The van der Waals surface area contributed by atoms with Gasteiger partial charge in [-0.2, -0.15) is 0 Å². The van der Waals surface area contributed by atoms with Gasteiger partial charge in [-0.1, -0.05) is 0 Å². The summed E-state index contributed by atoms with van der Waals surface area (Å²) in [5.41, 5.74) is 0.835. The molecular weight excluding hydrogens is 357 g/mol. The molecule has 0 heterocycles. The molecule has 1 rings (SSSR count). The maximum atomic E-state index is 10.9. The minimum atomic E-state index is -3.45. The van der Waals surface area contributed by atoms with Crippen LogP contribution in [-0.2, 0) is 34.3 Å². The van der Waals surface area contributed by atoms with Crippen molar-refractivity contribution in [3.63, 3.8) is 0 Å². The van der Waals surface area contributed by atoms with Crippen molar-refractivity contribution in [2.75, 3.05) is 0 Å². The third-order valence-corrected chi connectivity index (χ3v) is 4.25. The van der Waals surface area contributed by atoms with Gasteiger partial charge in [-0.3, -0.25) is 0 Å². The SMILES string of the molecule is O=S(=O)(C=Cc1ccccc1)[O][Ta]. The van der Waals surface area contributed by atoms with Crippen LogP contribution in [0.25, 0.3) is 6.08 Å². The van der Waals surface area contributed by atoms with Crippen LogP contribution in [0.2, 0.25) is 0 Å². The van der Waals surface area contributed by atoms with Gasteiger partial charge in [0.15, 0.2) is 0 Å². The topological polar surface area (TPSA) is 43.4 Å².